The molecule has 0 aliphatic carbocycles. The molecule has 1 amide bonds. The van der Waals surface area contributed by atoms with E-state index >= 15 is 0 Å². The lowest BCUT2D eigenvalue weighted by Crippen LogP contribution is -2.40. The average Bonchev–Trinajstić information content (AvgIpc) is 3.03. The molecule has 104 valence electrons. The fraction of sp³-hybridized carbons (Fsp3) is 0.333. The number of hydrogen-bond acceptors (Lipinski definition) is 3. The van der Waals surface area contributed by atoms with Gasteiger partial charge in [0.2, 0.25) is 0 Å². The van der Waals surface area contributed by atoms with E-state index in [2.05, 4.69) is 6.07 Å². The maximum Gasteiger partial charge on any atom is 0.326 e. The SMILES string of the molecule is Cc1ccc2c(C(=O)N3CCC[C@H]3C(=O)O)csc2c1. The van der Waals surface area contributed by atoms with E-state index in [1.165, 1.54) is 16.2 Å². The smallest absolute Gasteiger partial charge is 0.326 e. The number of carbonyl (C=O) groups excluding carboxylic acids is 1. The molecular weight excluding hydrogens is 274 g/mol. The maximum absolute atomic E-state index is 12.6. The van der Waals surface area contributed by atoms with Crippen molar-refractivity contribution in [2.45, 2.75) is 25.8 Å². The van der Waals surface area contributed by atoms with E-state index in [1.54, 1.807) is 0 Å². The number of benzene rings is 1. The lowest BCUT2D eigenvalue weighted by Gasteiger charge is -2.21. The Kier molecular flexibility index (Phi) is 3.22. The molecule has 1 aliphatic rings. The van der Waals surface area contributed by atoms with E-state index in [0.717, 1.165) is 22.1 Å². The zero-order chi connectivity index (χ0) is 14.3. The minimum Gasteiger partial charge on any atom is -0.480 e. The van der Waals surface area contributed by atoms with Crippen LogP contribution in [0, 0.1) is 6.92 Å². The minimum atomic E-state index is -0.911. The molecule has 3 rings (SSSR count). The number of aliphatic carboxylic acids is 1. The van der Waals surface area contributed by atoms with Crippen molar-refractivity contribution in [2.75, 3.05) is 6.54 Å². The Morgan fingerprint density at radius 2 is 2.20 bits per heavy atom. The summed E-state index contributed by atoms with van der Waals surface area (Å²) in [4.78, 5) is 25.3. The average molecular weight is 289 g/mol. The summed E-state index contributed by atoms with van der Waals surface area (Å²) in [7, 11) is 0. The first kappa shape index (κ1) is 13.1. The van der Waals surface area contributed by atoms with Crippen LogP contribution in [0.15, 0.2) is 23.6 Å². The van der Waals surface area contributed by atoms with Crippen molar-refractivity contribution in [3.05, 3.63) is 34.7 Å². The maximum atomic E-state index is 12.6. The Morgan fingerprint density at radius 3 is 2.95 bits per heavy atom. The van der Waals surface area contributed by atoms with Crippen LogP contribution in [0.5, 0.6) is 0 Å². The number of rotatable bonds is 2. The standard InChI is InChI=1S/C15H15NO3S/c1-9-4-5-10-11(8-20-13(10)7-9)14(17)16-6-2-3-12(16)15(18)19/h4-5,7-8,12H,2-3,6H2,1H3,(H,18,19)/t12-/m0/s1. The molecule has 1 aromatic heterocycles. The number of aryl methyl sites for hydroxylation is 1. The van der Waals surface area contributed by atoms with Crippen molar-refractivity contribution in [1.29, 1.82) is 0 Å². The van der Waals surface area contributed by atoms with Gasteiger partial charge < -0.3 is 10.0 Å². The second-order valence-electron chi connectivity index (χ2n) is 5.14. The predicted octanol–water partition coefficient (Wildman–Crippen LogP) is 2.90. The van der Waals surface area contributed by atoms with Gasteiger partial charge in [0.1, 0.15) is 6.04 Å². The van der Waals surface area contributed by atoms with Gasteiger partial charge in [0.05, 0.1) is 5.56 Å². The first-order chi connectivity index (χ1) is 9.58. The number of hydrogen-bond donors (Lipinski definition) is 1. The molecule has 0 saturated carbocycles. The van der Waals surface area contributed by atoms with Gasteiger partial charge in [-0.05, 0) is 31.4 Å². The summed E-state index contributed by atoms with van der Waals surface area (Å²) in [5.41, 5.74) is 1.78. The highest BCUT2D eigenvalue weighted by atomic mass is 32.1. The van der Waals surface area contributed by atoms with E-state index in [-0.39, 0.29) is 5.91 Å². The summed E-state index contributed by atoms with van der Waals surface area (Å²) >= 11 is 1.53. The second-order valence-corrected chi connectivity index (χ2v) is 6.06. The molecule has 2 aromatic rings. The summed E-state index contributed by atoms with van der Waals surface area (Å²) in [6, 6.07) is 5.29. The molecule has 0 spiro atoms. The van der Waals surface area contributed by atoms with Crippen LogP contribution < -0.4 is 0 Å². The van der Waals surface area contributed by atoms with Gasteiger partial charge in [0.15, 0.2) is 0 Å². The van der Waals surface area contributed by atoms with Gasteiger partial charge in [-0.25, -0.2) is 4.79 Å². The summed E-state index contributed by atoms with van der Waals surface area (Å²) in [5.74, 6) is -1.07. The van der Waals surface area contributed by atoms with Gasteiger partial charge in [-0.3, -0.25) is 4.79 Å². The predicted molar refractivity (Wildman–Crippen MR) is 78.3 cm³/mol. The van der Waals surface area contributed by atoms with Crippen LogP contribution in [0.4, 0.5) is 0 Å². The van der Waals surface area contributed by atoms with Crippen LogP contribution in [-0.4, -0.2) is 34.5 Å². The Bertz CT molecular complexity index is 691. The number of nitrogens with zero attached hydrogens (tertiary/aromatic N) is 1. The first-order valence-electron chi connectivity index (χ1n) is 6.59. The number of likely N-dealkylation sites (tertiary alicyclic amines) is 1. The van der Waals surface area contributed by atoms with Gasteiger partial charge in [-0.1, -0.05) is 12.1 Å². The van der Waals surface area contributed by atoms with Crippen molar-refractivity contribution >= 4 is 33.3 Å². The number of carbonyl (C=O) groups is 2. The number of carboxylic acids is 1. The summed E-state index contributed by atoms with van der Waals surface area (Å²) < 4.78 is 1.07. The molecule has 1 atom stereocenters. The fourth-order valence-electron chi connectivity index (χ4n) is 2.72. The highest BCUT2D eigenvalue weighted by Gasteiger charge is 2.35. The second kappa shape index (κ2) is 4.90. The molecule has 0 unspecified atom stereocenters. The minimum absolute atomic E-state index is 0.162. The molecule has 2 heterocycles. The lowest BCUT2D eigenvalue weighted by molar-refractivity contribution is -0.141. The van der Waals surface area contributed by atoms with Crippen LogP contribution in [0.2, 0.25) is 0 Å². The van der Waals surface area contributed by atoms with Gasteiger partial charge >= 0.3 is 5.97 Å². The number of fused-ring (bicyclic) bond motifs is 1. The lowest BCUT2D eigenvalue weighted by atomic mass is 10.1. The van der Waals surface area contributed by atoms with Crippen LogP contribution >= 0.6 is 11.3 Å². The molecule has 1 aliphatic heterocycles. The van der Waals surface area contributed by atoms with E-state index in [0.29, 0.717) is 18.5 Å². The van der Waals surface area contributed by atoms with Crippen molar-refractivity contribution in [3.63, 3.8) is 0 Å². The third kappa shape index (κ3) is 2.08. The highest BCUT2D eigenvalue weighted by molar-refractivity contribution is 7.17. The Balaban J connectivity index is 1.98. The van der Waals surface area contributed by atoms with Gasteiger partial charge in [0.25, 0.3) is 5.91 Å². The number of thiophene rings is 1. The van der Waals surface area contributed by atoms with Crippen LogP contribution in [0.25, 0.3) is 10.1 Å². The summed E-state index contributed by atoms with van der Waals surface area (Å²) in [6.45, 7) is 2.54. The third-order valence-corrected chi connectivity index (χ3v) is 4.71. The van der Waals surface area contributed by atoms with Crippen LogP contribution in [0.1, 0.15) is 28.8 Å². The molecule has 0 radical (unpaired) electrons. The van der Waals surface area contributed by atoms with Gasteiger partial charge in [-0.2, -0.15) is 0 Å². The summed E-state index contributed by atoms with van der Waals surface area (Å²) in [6.07, 6.45) is 1.30. The van der Waals surface area contributed by atoms with E-state index < -0.39 is 12.0 Å². The Morgan fingerprint density at radius 1 is 1.40 bits per heavy atom. The Labute approximate surface area is 120 Å². The normalized spacial score (nSPS) is 18.6. The first-order valence-corrected chi connectivity index (χ1v) is 7.47. The van der Waals surface area contributed by atoms with Crippen LogP contribution in [0.3, 0.4) is 0 Å². The molecule has 5 heteroatoms. The molecule has 0 bridgehead atoms. The van der Waals surface area contributed by atoms with Gasteiger partial charge in [0, 0.05) is 22.0 Å². The van der Waals surface area contributed by atoms with E-state index in [1.807, 2.05) is 24.4 Å². The van der Waals surface area contributed by atoms with E-state index in [4.69, 9.17) is 0 Å². The van der Waals surface area contributed by atoms with Gasteiger partial charge in [-0.15, -0.1) is 11.3 Å². The molecule has 20 heavy (non-hydrogen) atoms. The quantitative estimate of drug-likeness (QED) is 0.924. The topological polar surface area (TPSA) is 57.6 Å². The molecule has 1 fully saturated rings. The molecular formula is C15H15NO3S. The molecule has 1 aromatic carbocycles. The van der Waals surface area contributed by atoms with Crippen molar-refractivity contribution in [2.24, 2.45) is 0 Å². The van der Waals surface area contributed by atoms with Crippen molar-refractivity contribution < 1.29 is 14.7 Å². The number of amides is 1. The fourth-order valence-corrected chi connectivity index (χ4v) is 3.75. The van der Waals surface area contributed by atoms with Crippen LogP contribution in [-0.2, 0) is 4.79 Å². The zero-order valence-corrected chi connectivity index (χ0v) is 11.9. The molecule has 4 nitrogen and oxygen atoms in total. The zero-order valence-electron chi connectivity index (χ0n) is 11.1. The van der Waals surface area contributed by atoms with Crippen molar-refractivity contribution in [3.8, 4) is 0 Å². The molecule has 1 saturated heterocycles. The third-order valence-electron chi connectivity index (χ3n) is 3.76. The Hall–Kier alpha value is -1.88. The largest absolute Gasteiger partial charge is 0.480 e. The molecule has 1 N–H and O–H groups in total. The highest BCUT2D eigenvalue weighted by Crippen LogP contribution is 2.30. The van der Waals surface area contributed by atoms with E-state index in [9.17, 15) is 14.7 Å². The monoisotopic (exact) mass is 289 g/mol. The number of carboxylic acid groups (broad SMARTS) is 1. The van der Waals surface area contributed by atoms with Crippen molar-refractivity contribution in [1.82, 2.24) is 4.90 Å². The summed E-state index contributed by atoms with van der Waals surface area (Å²) in [5, 5.41) is 11.9.